The van der Waals surface area contributed by atoms with E-state index in [9.17, 15) is 0 Å². The second-order valence-electron chi connectivity index (χ2n) is 6.65. The molecule has 1 saturated heterocycles. The molecule has 0 spiro atoms. The molecule has 3 aliphatic rings. The minimum atomic E-state index is 0.762. The lowest BCUT2D eigenvalue weighted by Gasteiger charge is -2.24. The van der Waals surface area contributed by atoms with Gasteiger partial charge in [0, 0.05) is 52.4 Å². The van der Waals surface area contributed by atoms with Crippen molar-refractivity contribution < 1.29 is 13.9 Å². The van der Waals surface area contributed by atoms with Crippen molar-refractivity contribution in [2.75, 3.05) is 78.8 Å². The van der Waals surface area contributed by atoms with Gasteiger partial charge in [-0.15, -0.1) is 0 Å². The van der Waals surface area contributed by atoms with Gasteiger partial charge in [-0.25, -0.2) is 0 Å². The first-order chi connectivity index (χ1) is 12.4. The van der Waals surface area contributed by atoms with Gasteiger partial charge in [-0.2, -0.15) is 0 Å². The molecule has 0 aliphatic carbocycles. The van der Waals surface area contributed by atoms with Crippen molar-refractivity contribution in [1.29, 1.82) is 0 Å². The molecule has 0 radical (unpaired) electrons. The molecule has 0 saturated carbocycles. The maximum Gasteiger partial charge on any atom is 0.118 e. The SMILES string of the molecule is c1cc2oc1CN1CCNCCOCCNCCN(CCOCC1)C2. The summed E-state index contributed by atoms with van der Waals surface area (Å²) in [5, 5.41) is 6.91. The van der Waals surface area contributed by atoms with E-state index < -0.39 is 0 Å². The van der Waals surface area contributed by atoms with Crippen LogP contribution in [-0.4, -0.2) is 88.6 Å². The van der Waals surface area contributed by atoms with Crippen molar-refractivity contribution in [3.05, 3.63) is 23.7 Å². The largest absolute Gasteiger partial charge is 0.463 e. The predicted octanol–water partition coefficient (Wildman–Crippen LogP) is 0.123. The highest BCUT2D eigenvalue weighted by atomic mass is 16.5. The lowest BCUT2D eigenvalue weighted by Crippen LogP contribution is -2.37. The Morgan fingerprint density at radius 3 is 1.72 bits per heavy atom. The summed E-state index contributed by atoms with van der Waals surface area (Å²) in [5.74, 6) is 2.08. The average Bonchev–Trinajstić information content (AvgIpc) is 3.04. The third kappa shape index (κ3) is 7.05. The van der Waals surface area contributed by atoms with Crippen molar-refractivity contribution in [3.63, 3.8) is 0 Å². The van der Waals surface area contributed by atoms with Crippen molar-refractivity contribution in [2.24, 2.45) is 0 Å². The molecular formula is C18H32N4O3. The topological polar surface area (TPSA) is 62.1 Å². The summed E-state index contributed by atoms with van der Waals surface area (Å²) in [5.41, 5.74) is 0. The van der Waals surface area contributed by atoms with Gasteiger partial charge in [-0.3, -0.25) is 9.80 Å². The lowest BCUT2D eigenvalue weighted by atomic mass is 10.3. The summed E-state index contributed by atoms with van der Waals surface area (Å²) in [6.45, 7) is 12.2. The number of ether oxygens (including phenoxy) is 2. The Kier molecular flexibility index (Phi) is 8.21. The molecule has 7 nitrogen and oxygen atoms in total. The number of hydrogen-bond donors (Lipinski definition) is 2. The zero-order chi connectivity index (χ0) is 17.2. The van der Waals surface area contributed by atoms with Crippen molar-refractivity contribution in [2.45, 2.75) is 13.1 Å². The molecule has 4 rings (SSSR count). The maximum atomic E-state index is 6.08. The van der Waals surface area contributed by atoms with Crippen LogP contribution in [0.25, 0.3) is 0 Å². The van der Waals surface area contributed by atoms with E-state index in [1.165, 1.54) is 0 Å². The van der Waals surface area contributed by atoms with E-state index in [1.807, 2.05) is 0 Å². The Balaban J connectivity index is 1.66. The van der Waals surface area contributed by atoms with Crippen LogP contribution in [0.4, 0.5) is 0 Å². The molecule has 1 fully saturated rings. The first-order valence-electron chi connectivity index (χ1n) is 9.49. The average molecular weight is 352 g/mol. The number of nitrogens with one attached hydrogen (secondary N) is 2. The number of hydrogen-bond acceptors (Lipinski definition) is 7. The smallest absolute Gasteiger partial charge is 0.118 e. The second-order valence-corrected chi connectivity index (χ2v) is 6.65. The highest BCUT2D eigenvalue weighted by molar-refractivity contribution is 5.07. The molecule has 142 valence electrons. The molecule has 1 aromatic rings. The van der Waals surface area contributed by atoms with Crippen molar-refractivity contribution >= 4 is 0 Å². The highest BCUT2D eigenvalue weighted by Crippen LogP contribution is 2.13. The van der Waals surface area contributed by atoms with Gasteiger partial charge in [-0.1, -0.05) is 0 Å². The lowest BCUT2D eigenvalue weighted by molar-refractivity contribution is 0.0711. The standard InChI is InChI=1S/C18H32N4O3/c1-2-18-16-22-8-4-20-6-12-23-11-5-19-3-7-21(15-17(1)25-18)9-13-24-14-10-22/h1-2,19-20H,3-16H2. The minimum Gasteiger partial charge on any atom is -0.463 e. The van der Waals surface area contributed by atoms with Crippen LogP contribution >= 0.6 is 0 Å². The van der Waals surface area contributed by atoms with E-state index >= 15 is 0 Å². The van der Waals surface area contributed by atoms with Gasteiger partial charge in [0.1, 0.15) is 11.5 Å². The fourth-order valence-electron chi connectivity index (χ4n) is 3.18. The number of rotatable bonds is 0. The van der Waals surface area contributed by atoms with E-state index in [0.29, 0.717) is 0 Å². The van der Waals surface area contributed by atoms with E-state index in [2.05, 4.69) is 32.6 Å². The van der Waals surface area contributed by atoms with Gasteiger partial charge in [0.25, 0.3) is 0 Å². The summed E-state index contributed by atoms with van der Waals surface area (Å²) in [6, 6.07) is 4.24. The highest BCUT2D eigenvalue weighted by Gasteiger charge is 2.14. The Morgan fingerprint density at radius 2 is 1.16 bits per heavy atom. The maximum absolute atomic E-state index is 6.08. The second kappa shape index (κ2) is 10.9. The Morgan fingerprint density at radius 1 is 0.640 bits per heavy atom. The fraction of sp³-hybridized carbons (Fsp3) is 0.778. The van der Waals surface area contributed by atoms with Gasteiger partial charge in [0.2, 0.25) is 0 Å². The summed E-state index contributed by atoms with van der Waals surface area (Å²) in [6.07, 6.45) is 0. The van der Waals surface area contributed by atoms with Gasteiger partial charge in [-0.05, 0) is 12.1 Å². The molecule has 25 heavy (non-hydrogen) atoms. The van der Waals surface area contributed by atoms with Gasteiger partial charge < -0.3 is 24.5 Å². The normalized spacial score (nSPS) is 28.3. The molecule has 4 heterocycles. The third-order valence-electron chi connectivity index (χ3n) is 4.64. The van der Waals surface area contributed by atoms with E-state index in [1.54, 1.807) is 0 Å². The van der Waals surface area contributed by atoms with Crippen LogP contribution < -0.4 is 10.6 Å². The quantitative estimate of drug-likeness (QED) is 0.643. The molecule has 4 bridgehead atoms. The molecule has 2 unspecified atom stereocenters. The van der Waals surface area contributed by atoms with Crippen LogP contribution in [0.2, 0.25) is 0 Å². The van der Waals surface area contributed by atoms with Gasteiger partial charge in [0.15, 0.2) is 0 Å². The van der Waals surface area contributed by atoms with E-state index in [4.69, 9.17) is 13.9 Å². The van der Waals surface area contributed by atoms with Crippen LogP contribution in [0.5, 0.6) is 0 Å². The Hall–Kier alpha value is -0.960. The Bertz CT molecular complexity index is 444. The Labute approximate surface area is 150 Å². The summed E-state index contributed by atoms with van der Waals surface area (Å²) >= 11 is 0. The molecule has 2 N–H and O–H groups in total. The summed E-state index contributed by atoms with van der Waals surface area (Å²) in [4.78, 5) is 4.78. The fourth-order valence-corrected chi connectivity index (χ4v) is 3.18. The van der Waals surface area contributed by atoms with Gasteiger partial charge >= 0.3 is 0 Å². The van der Waals surface area contributed by atoms with E-state index in [-0.39, 0.29) is 0 Å². The molecule has 0 aromatic carbocycles. The van der Waals surface area contributed by atoms with Crippen LogP contribution in [0, 0.1) is 0 Å². The zero-order valence-electron chi connectivity index (χ0n) is 15.2. The number of nitrogens with zero attached hydrogens (tertiary/aromatic N) is 2. The molecule has 2 atom stereocenters. The third-order valence-corrected chi connectivity index (χ3v) is 4.64. The first-order valence-corrected chi connectivity index (χ1v) is 9.49. The molecule has 7 heteroatoms. The van der Waals surface area contributed by atoms with Crippen molar-refractivity contribution in [1.82, 2.24) is 20.4 Å². The van der Waals surface area contributed by atoms with Crippen LogP contribution in [0.1, 0.15) is 11.5 Å². The monoisotopic (exact) mass is 352 g/mol. The van der Waals surface area contributed by atoms with E-state index in [0.717, 1.165) is 103 Å². The molecule has 0 amide bonds. The summed E-state index contributed by atoms with van der Waals surface area (Å²) in [7, 11) is 0. The first kappa shape index (κ1) is 18.8. The number of fused-ring (bicyclic) bond motifs is 14. The molecular weight excluding hydrogens is 320 g/mol. The molecule has 3 aliphatic heterocycles. The zero-order valence-corrected chi connectivity index (χ0v) is 15.2. The van der Waals surface area contributed by atoms with Crippen molar-refractivity contribution in [3.8, 4) is 0 Å². The van der Waals surface area contributed by atoms with Crippen LogP contribution in [0.15, 0.2) is 16.5 Å². The van der Waals surface area contributed by atoms with Crippen LogP contribution in [-0.2, 0) is 22.6 Å². The van der Waals surface area contributed by atoms with Gasteiger partial charge in [0.05, 0.1) is 39.5 Å². The molecule has 1 aromatic heterocycles. The summed E-state index contributed by atoms with van der Waals surface area (Å²) < 4.78 is 17.6. The minimum absolute atomic E-state index is 0.762. The van der Waals surface area contributed by atoms with Crippen LogP contribution in [0.3, 0.4) is 0 Å². The number of furan rings is 1. The predicted molar refractivity (Wildman–Crippen MR) is 96.6 cm³/mol.